The highest BCUT2D eigenvalue weighted by molar-refractivity contribution is 7.99. The molecule has 1 aromatic carbocycles. The van der Waals surface area contributed by atoms with Crippen molar-refractivity contribution in [3.8, 4) is 5.75 Å². The summed E-state index contributed by atoms with van der Waals surface area (Å²) >= 11 is 6.77. The Bertz CT molecular complexity index is 843. The molecule has 0 N–H and O–H groups in total. The van der Waals surface area contributed by atoms with Crippen LogP contribution in [0.5, 0.6) is 5.75 Å². The summed E-state index contributed by atoms with van der Waals surface area (Å²) < 4.78 is 43.5. The van der Waals surface area contributed by atoms with Gasteiger partial charge < -0.3 is 9.64 Å². The lowest BCUT2D eigenvalue weighted by atomic mass is 10.2. The molecule has 162 valence electrons. The van der Waals surface area contributed by atoms with E-state index in [1.807, 2.05) is 25.1 Å². The van der Waals surface area contributed by atoms with Crippen molar-refractivity contribution in [2.24, 2.45) is 4.99 Å². The molecule has 0 amide bonds. The third-order valence-electron chi connectivity index (χ3n) is 3.73. The molecular weight excluding hydrogens is 433 g/mol. The third-order valence-corrected chi connectivity index (χ3v) is 5.05. The van der Waals surface area contributed by atoms with E-state index in [-0.39, 0.29) is 5.75 Å². The van der Waals surface area contributed by atoms with Crippen molar-refractivity contribution in [2.45, 2.75) is 24.0 Å². The Balaban J connectivity index is 1.67. The molecule has 0 atom stereocenters. The first-order valence-corrected chi connectivity index (χ1v) is 10.6. The van der Waals surface area contributed by atoms with Gasteiger partial charge in [0.25, 0.3) is 0 Å². The van der Waals surface area contributed by atoms with Crippen molar-refractivity contribution in [1.29, 1.82) is 0 Å². The molecule has 0 aliphatic heterocycles. The van der Waals surface area contributed by atoms with Crippen LogP contribution in [0.2, 0.25) is 0 Å². The van der Waals surface area contributed by atoms with Gasteiger partial charge in [-0.15, -0.1) is 22.0 Å². The van der Waals surface area contributed by atoms with E-state index in [0.717, 1.165) is 35.8 Å². The number of aliphatic imine (C=N–C) groups is 1. The number of thiocarbonyl (C=S) groups is 1. The maximum atomic E-state index is 12.7. The van der Waals surface area contributed by atoms with E-state index in [9.17, 15) is 13.2 Å². The number of aromatic nitrogens is 2. The van der Waals surface area contributed by atoms with Gasteiger partial charge in [0.1, 0.15) is 16.5 Å². The van der Waals surface area contributed by atoms with Gasteiger partial charge in [-0.1, -0.05) is 18.3 Å². The maximum absolute atomic E-state index is 12.7. The normalized spacial score (nSPS) is 11.9. The molecule has 10 heteroatoms. The molecule has 0 saturated heterocycles. The first-order chi connectivity index (χ1) is 14.3. The molecule has 2 rings (SSSR count). The molecule has 2 aromatic rings. The standard InChI is InChI=1S/C20H23F3N4OS2/c1-27(2)11-10-24-19(29)17-8-9-18(26-25-17)30-13-4-3-12-28-16-7-5-6-15(14-16)20(21,22)23/h5-10,14H,3-4,11-13H2,1-2H3. The highest BCUT2D eigenvalue weighted by Crippen LogP contribution is 2.31. The molecule has 1 heterocycles. The number of rotatable bonds is 10. The van der Waals surface area contributed by atoms with Crippen LogP contribution in [0.1, 0.15) is 24.1 Å². The van der Waals surface area contributed by atoms with Crippen LogP contribution in [0.4, 0.5) is 13.2 Å². The molecule has 1 aromatic heterocycles. The third kappa shape index (κ3) is 8.76. The monoisotopic (exact) mass is 456 g/mol. The van der Waals surface area contributed by atoms with Crippen LogP contribution >= 0.6 is 24.0 Å². The Morgan fingerprint density at radius 1 is 1.20 bits per heavy atom. The van der Waals surface area contributed by atoms with E-state index in [1.165, 1.54) is 12.1 Å². The Hall–Kier alpha value is -2.04. The van der Waals surface area contributed by atoms with Crippen LogP contribution in [0.25, 0.3) is 0 Å². The number of benzene rings is 1. The Morgan fingerprint density at radius 2 is 2.00 bits per heavy atom. The molecule has 0 radical (unpaired) electrons. The van der Waals surface area contributed by atoms with Gasteiger partial charge in [-0.05, 0) is 63.0 Å². The van der Waals surface area contributed by atoms with Gasteiger partial charge in [-0.2, -0.15) is 13.2 Å². The van der Waals surface area contributed by atoms with Crippen LogP contribution in [-0.2, 0) is 6.18 Å². The number of halogens is 3. The first kappa shape index (κ1) is 24.2. The summed E-state index contributed by atoms with van der Waals surface area (Å²) in [5.74, 6) is 1.02. The molecule has 0 saturated carbocycles. The predicted molar refractivity (Wildman–Crippen MR) is 118 cm³/mol. The summed E-state index contributed by atoms with van der Waals surface area (Å²) in [5, 5.41) is 9.02. The summed E-state index contributed by atoms with van der Waals surface area (Å²) in [5.41, 5.74) is -0.153. The molecule has 0 aliphatic rings. The fraction of sp³-hybridized carbons (Fsp3) is 0.400. The molecule has 0 bridgehead atoms. The Labute approximate surface area is 183 Å². The van der Waals surface area contributed by atoms with Gasteiger partial charge in [0.05, 0.1) is 12.2 Å². The quantitative estimate of drug-likeness (QED) is 0.223. The number of alkyl halides is 3. The predicted octanol–water partition coefficient (Wildman–Crippen LogP) is 4.75. The van der Waals surface area contributed by atoms with E-state index in [1.54, 1.807) is 24.0 Å². The van der Waals surface area contributed by atoms with Crippen LogP contribution in [-0.4, -0.2) is 59.3 Å². The van der Waals surface area contributed by atoms with Gasteiger partial charge in [0, 0.05) is 12.8 Å². The van der Waals surface area contributed by atoms with Gasteiger partial charge in [0.15, 0.2) is 4.99 Å². The maximum Gasteiger partial charge on any atom is 0.416 e. The number of unbranched alkanes of at least 4 members (excludes halogenated alkanes) is 1. The van der Waals surface area contributed by atoms with Crippen molar-refractivity contribution in [1.82, 2.24) is 15.1 Å². The smallest absolute Gasteiger partial charge is 0.416 e. The van der Waals surface area contributed by atoms with E-state index in [2.05, 4.69) is 15.2 Å². The SMILES string of the molecule is CN(C)CC=NC(=S)c1ccc(SCCCCOc2cccc(C(F)(F)F)c2)nn1. The second kappa shape index (κ2) is 12.0. The van der Waals surface area contributed by atoms with E-state index >= 15 is 0 Å². The largest absolute Gasteiger partial charge is 0.494 e. The van der Waals surface area contributed by atoms with Crippen molar-refractivity contribution in [3.63, 3.8) is 0 Å². The highest BCUT2D eigenvalue weighted by atomic mass is 32.2. The minimum absolute atomic E-state index is 0.225. The van der Waals surface area contributed by atoms with Gasteiger partial charge in [0.2, 0.25) is 0 Å². The van der Waals surface area contributed by atoms with Crippen LogP contribution in [0.3, 0.4) is 0 Å². The lowest BCUT2D eigenvalue weighted by molar-refractivity contribution is -0.137. The molecule has 0 unspecified atom stereocenters. The minimum atomic E-state index is -4.37. The summed E-state index contributed by atoms with van der Waals surface area (Å²) in [6.45, 7) is 1.05. The van der Waals surface area contributed by atoms with E-state index in [4.69, 9.17) is 17.0 Å². The lowest BCUT2D eigenvalue weighted by Gasteiger charge is -2.10. The Kier molecular flexibility index (Phi) is 9.67. The van der Waals surface area contributed by atoms with Gasteiger partial charge in [-0.25, -0.2) is 4.99 Å². The second-order valence-corrected chi connectivity index (χ2v) is 8.07. The molecular formula is C20H23F3N4OS2. The van der Waals surface area contributed by atoms with Crippen molar-refractivity contribution < 1.29 is 17.9 Å². The zero-order valence-corrected chi connectivity index (χ0v) is 18.4. The zero-order chi connectivity index (χ0) is 22.0. The number of nitrogens with zero attached hydrogens (tertiary/aromatic N) is 4. The number of ether oxygens (including phenoxy) is 1. The fourth-order valence-electron chi connectivity index (χ4n) is 2.20. The van der Waals surface area contributed by atoms with Crippen molar-refractivity contribution >= 4 is 35.2 Å². The summed E-state index contributed by atoms with van der Waals surface area (Å²) in [4.78, 5) is 6.55. The first-order valence-electron chi connectivity index (χ1n) is 9.24. The average molecular weight is 457 g/mol. The zero-order valence-electron chi connectivity index (χ0n) is 16.7. The fourth-order valence-corrected chi connectivity index (χ4v) is 3.20. The summed E-state index contributed by atoms with van der Waals surface area (Å²) in [6, 6.07) is 8.55. The van der Waals surface area contributed by atoms with Crippen molar-refractivity contribution in [2.75, 3.05) is 33.0 Å². The topological polar surface area (TPSA) is 50.6 Å². The highest BCUT2D eigenvalue weighted by Gasteiger charge is 2.30. The molecule has 0 fully saturated rings. The summed E-state index contributed by atoms with van der Waals surface area (Å²) in [7, 11) is 3.89. The second-order valence-electron chi connectivity index (χ2n) is 6.57. The summed E-state index contributed by atoms with van der Waals surface area (Å²) in [6.07, 6.45) is -1.08. The van der Waals surface area contributed by atoms with Gasteiger partial charge >= 0.3 is 6.18 Å². The van der Waals surface area contributed by atoms with Crippen molar-refractivity contribution in [3.05, 3.63) is 47.7 Å². The molecule has 5 nitrogen and oxygen atoms in total. The minimum Gasteiger partial charge on any atom is -0.494 e. The number of hydrogen-bond donors (Lipinski definition) is 0. The molecule has 0 aliphatic carbocycles. The number of thioether (sulfide) groups is 1. The van der Waals surface area contributed by atoms with E-state index < -0.39 is 11.7 Å². The van der Waals surface area contributed by atoms with E-state index in [0.29, 0.717) is 23.8 Å². The molecule has 30 heavy (non-hydrogen) atoms. The van der Waals surface area contributed by atoms with Gasteiger partial charge in [-0.3, -0.25) is 0 Å². The number of hydrogen-bond acceptors (Lipinski definition) is 6. The van der Waals surface area contributed by atoms with Crippen LogP contribution < -0.4 is 4.74 Å². The van der Waals surface area contributed by atoms with Crippen LogP contribution in [0, 0.1) is 0 Å². The molecule has 0 spiro atoms. The lowest BCUT2D eigenvalue weighted by Crippen LogP contribution is -2.14. The average Bonchev–Trinajstić information content (AvgIpc) is 2.70. The Morgan fingerprint density at radius 3 is 2.67 bits per heavy atom. The van der Waals surface area contributed by atoms with Crippen LogP contribution in [0.15, 0.2) is 46.4 Å².